The molecule has 0 aromatic rings. The van der Waals surface area contributed by atoms with E-state index >= 15 is 0 Å². The number of alkyl halides is 1. The minimum Gasteiger partial charge on any atom is -0.356 e. The first-order valence-corrected chi connectivity index (χ1v) is 8.76. The molecule has 0 heterocycles. The first-order valence-electron chi connectivity index (χ1n) is 8.22. The molecule has 4 bridgehead atoms. The van der Waals surface area contributed by atoms with E-state index in [4.69, 9.17) is 11.6 Å². The maximum atomic E-state index is 12.3. The average molecular weight is 298 g/mol. The van der Waals surface area contributed by atoms with E-state index in [1.165, 1.54) is 38.5 Å². The summed E-state index contributed by atoms with van der Waals surface area (Å²) in [7, 11) is 0. The van der Waals surface area contributed by atoms with Crippen molar-refractivity contribution in [3.05, 3.63) is 0 Å². The molecule has 20 heavy (non-hydrogen) atoms. The fourth-order valence-electron chi connectivity index (χ4n) is 5.29. The predicted molar refractivity (Wildman–Crippen MR) is 82.7 cm³/mol. The molecule has 4 rings (SSSR count). The summed E-state index contributed by atoms with van der Waals surface area (Å²) < 4.78 is 0. The zero-order chi connectivity index (χ0) is 14.4. The quantitative estimate of drug-likeness (QED) is 0.764. The van der Waals surface area contributed by atoms with Crippen molar-refractivity contribution in [2.24, 2.45) is 28.6 Å². The number of amides is 1. The number of hydrogen-bond donors (Lipinski definition) is 1. The van der Waals surface area contributed by atoms with Crippen LogP contribution in [0.15, 0.2) is 0 Å². The van der Waals surface area contributed by atoms with Gasteiger partial charge in [-0.1, -0.05) is 13.8 Å². The molecule has 0 atom stereocenters. The van der Waals surface area contributed by atoms with Crippen LogP contribution in [0.3, 0.4) is 0 Å². The smallest absolute Gasteiger partial charge is 0.220 e. The standard InChI is InChI=1S/C17H28ClNO/c1-16(2,10-18)11-19-15(20)9-17-6-12-3-13(7-17)5-14(4-12)8-17/h12-14H,3-11H2,1-2H3,(H,19,20). The summed E-state index contributed by atoms with van der Waals surface area (Å²) in [5, 5.41) is 3.13. The molecular weight excluding hydrogens is 270 g/mol. The van der Waals surface area contributed by atoms with E-state index in [9.17, 15) is 4.79 Å². The van der Waals surface area contributed by atoms with Crippen molar-refractivity contribution in [1.82, 2.24) is 5.32 Å². The Kier molecular flexibility index (Phi) is 3.81. The van der Waals surface area contributed by atoms with Crippen LogP contribution in [-0.4, -0.2) is 18.3 Å². The van der Waals surface area contributed by atoms with Gasteiger partial charge in [0, 0.05) is 18.8 Å². The predicted octanol–water partition coefficient (Wildman–Crippen LogP) is 3.97. The van der Waals surface area contributed by atoms with Crippen molar-refractivity contribution < 1.29 is 4.79 Å². The monoisotopic (exact) mass is 297 g/mol. The van der Waals surface area contributed by atoms with Crippen LogP contribution in [-0.2, 0) is 4.79 Å². The summed E-state index contributed by atoms with van der Waals surface area (Å²) in [4.78, 5) is 12.3. The van der Waals surface area contributed by atoms with Gasteiger partial charge in [0.1, 0.15) is 0 Å². The van der Waals surface area contributed by atoms with Gasteiger partial charge in [0.25, 0.3) is 0 Å². The molecule has 1 N–H and O–H groups in total. The van der Waals surface area contributed by atoms with Crippen molar-refractivity contribution in [1.29, 1.82) is 0 Å². The van der Waals surface area contributed by atoms with Crippen LogP contribution >= 0.6 is 11.6 Å². The van der Waals surface area contributed by atoms with E-state index in [0.717, 1.165) is 24.2 Å². The minimum atomic E-state index is -0.00130. The Morgan fingerprint density at radius 1 is 1.15 bits per heavy atom. The minimum absolute atomic E-state index is 0.00130. The van der Waals surface area contributed by atoms with Crippen LogP contribution in [0.25, 0.3) is 0 Å². The maximum Gasteiger partial charge on any atom is 0.220 e. The summed E-state index contributed by atoms with van der Waals surface area (Å²) in [6, 6.07) is 0. The fraction of sp³-hybridized carbons (Fsp3) is 0.941. The zero-order valence-electron chi connectivity index (χ0n) is 12.9. The molecule has 114 valence electrons. The van der Waals surface area contributed by atoms with Gasteiger partial charge in [-0.25, -0.2) is 0 Å². The third kappa shape index (κ3) is 3.00. The molecule has 0 aromatic carbocycles. The van der Waals surface area contributed by atoms with E-state index in [1.807, 2.05) is 0 Å². The molecule has 0 spiro atoms. The van der Waals surface area contributed by atoms with Gasteiger partial charge in [-0.2, -0.15) is 0 Å². The van der Waals surface area contributed by atoms with Crippen LogP contribution in [0.1, 0.15) is 58.8 Å². The Bertz CT molecular complexity index is 355. The lowest BCUT2D eigenvalue weighted by Crippen LogP contribution is -2.48. The van der Waals surface area contributed by atoms with Crippen LogP contribution in [0.2, 0.25) is 0 Å². The van der Waals surface area contributed by atoms with E-state index in [1.54, 1.807) is 0 Å². The second-order valence-corrected chi connectivity index (χ2v) is 8.94. The van der Waals surface area contributed by atoms with Gasteiger partial charge in [0.05, 0.1) is 0 Å². The molecule has 4 fully saturated rings. The number of carbonyl (C=O) groups excluding carboxylic acids is 1. The number of hydrogen-bond acceptors (Lipinski definition) is 1. The Morgan fingerprint density at radius 2 is 1.65 bits per heavy atom. The summed E-state index contributed by atoms with van der Waals surface area (Å²) in [5.74, 6) is 3.62. The Labute approximate surface area is 128 Å². The second kappa shape index (κ2) is 5.19. The van der Waals surface area contributed by atoms with E-state index in [0.29, 0.717) is 17.8 Å². The molecule has 1 amide bonds. The van der Waals surface area contributed by atoms with Crippen molar-refractivity contribution in [2.45, 2.75) is 58.8 Å². The molecule has 4 saturated carbocycles. The highest BCUT2D eigenvalue weighted by Gasteiger charge is 2.51. The lowest BCUT2D eigenvalue weighted by Gasteiger charge is -2.56. The first-order chi connectivity index (χ1) is 9.40. The van der Waals surface area contributed by atoms with Gasteiger partial charge in [-0.05, 0) is 67.1 Å². The molecule has 2 nitrogen and oxygen atoms in total. The fourth-order valence-corrected chi connectivity index (χ4v) is 5.39. The SMILES string of the molecule is CC(C)(CCl)CNC(=O)CC12CC3CC(CC(C3)C1)C2. The Hall–Kier alpha value is -0.240. The van der Waals surface area contributed by atoms with Gasteiger partial charge in [0.2, 0.25) is 5.91 Å². The van der Waals surface area contributed by atoms with Crippen LogP contribution < -0.4 is 5.32 Å². The number of rotatable bonds is 5. The third-order valence-corrected chi connectivity index (χ3v) is 6.55. The molecule has 0 radical (unpaired) electrons. The van der Waals surface area contributed by atoms with Crippen LogP contribution in [0.5, 0.6) is 0 Å². The zero-order valence-corrected chi connectivity index (χ0v) is 13.6. The van der Waals surface area contributed by atoms with Crippen molar-refractivity contribution in [3.8, 4) is 0 Å². The van der Waals surface area contributed by atoms with E-state index in [2.05, 4.69) is 19.2 Å². The van der Waals surface area contributed by atoms with Gasteiger partial charge >= 0.3 is 0 Å². The molecule has 4 aliphatic carbocycles. The van der Waals surface area contributed by atoms with Crippen molar-refractivity contribution >= 4 is 17.5 Å². The normalized spacial score (nSPS) is 39.0. The summed E-state index contributed by atoms with van der Waals surface area (Å²) in [6.45, 7) is 4.90. The van der Waals surface area contributed by atoms with Gasteiger partial charge in [-0.3, -0.25) is 4.79 Å². The maximum absolute atomic E-state index is 12.3. The van der Waals surface area contributed by atoms with Gasteiger partial charge in [0.15, 0.2) is 0 Å². The number of carbonyl (C=O) groups is 1. The van der Waals surface area contributed by atoms with Crippen LogP contribution in [0.4, 0.5) is 0 Å². The largest absolute Gasteiger partial charge is 0.356 e. The topological polar surface area (TPSA) is 29.1 Å². The first kappa shape index (κ1) is 14.7. The highest BCUT2D eigenvalue weighted by molar-refractivity contribution is 6.18. The molecule has 4 aliphatic rings. The average Bonchev–Trinajstić information content (AvgIpc) is 2.34. The number of halogens is 1. The van der Waals surface area contributed by atoms with Crippen molar-refractivity contribution in [2.75, 3.05) is 12.4 Å². The summed E-state index contributed by atoms with van der Waals surface area (Å²) >= 11 is 5.93. The third-order valence-electron chi connectivity index (χ3n) is 5.83. The van der Waals surface area contributed by atoms with Crippen LogP contribution in [0, 0.1) is 28.6 Å². The Morgan fingerprint density at radius 3 is 2.10 bits per heavy atom. The lowest BCUT2D eigenvalue weighted by atomic mass is 9.49. The highest BCUT2D eigenvalue weighted by atomic mass is 35.5. The van der Waals surface area contributed by atoms with Gasteiger partial charge < -0.3 is 5.32 Å². The van der Waals surface area contributed by atoms with Gasteiger partial charge in [-0.15, -0.1) is 11.6 Å². The molecule has 0 saturated heterocycles. The number of nitrogens with one attached hydrogen (secondary N) is 1. The molecule has 0 aromatic heterocycles. The Balaban J connectivity index is 1.56. The summed E-state index contributed by atoms with van der Waals surface area (Å²) in [5.41, 5.74) is 0.350. The van der Waals surface area contributed by atoms with Crippen molar-refractivity contribution in [3.63, 3.8) is 0 Å². The second-order valence-electron chi connectivity index (χ2n) is 8.67. The highest BCUT2D eigenvalue weighted by Crippen LogP contribution is 2.61. The summed E-state index contributed by atoms with van der Waals surface area (Å²) in [6.07, 6.45) is 9.03. The molecular formula is C17H28ClNO. The lowest BCUT2D eigenvalue weighted by molar-refractivity contribution is -0.129. The van der Waals surface area contributed by atoms with E-state index in [-0.39, 0.29) is 11.3 Å². The molecule has 0 aliphatic heterocycles. The van der Waals surface area contributed by atoms with E-state index < -0.39 is 0 Å². The molecule has 0 unspecified atom stereocenters. The molecule has 3 heteroatoms.